The van der Waals surface area contributed by atoms with Crippen molar-refractivity contribution in [3.05, 3.63) is 0 Å². The summed E-state index contributed by atoms with van der Waals surface area (Å²) in [5.74, 6) is -1.09. The van der Waals surface area contributed by atoms with Crippen molar-refractivity contribution in [3.8, 4) is 0 Å². The number of carboxylic acids is 1. The van der Waals surface area contributed by atoms with Gasteiger partial charge in [0.1, 0.15) is 0 Å². The molecule has 0 bridgehead atoms. The van der Waals surface area contributed by atoms with Gasteiger partial charge in [0.15, 0.2) is 9.84 Å². The lowest BCUT2D eigenvalue weighted by molar-refractivity contribution is -0.137. The zero-order chi connectivity index (χ0) is 10.3. The first kappa shape index (κ1) is 12.4. The van der Waals surface area contributed by atoms with Crippen molar-refractivity contribution < 1.29 is 23.1 Å². The molecule has 0 aromatic heterocycles. The Bertz CT molecular complexity index is 244. The number of rotatable bonds is 7. The second-order valence-electron chi connectivity index (χ2n) is 2.64. The normalized spacial score (nSPS) is 11.5. The minimum atomic E-state index is -3.13. The Morgan fingerprint density at radius 2 is 2.00 bits per heavy atom. The van der Waals surface area contributed by atoms with E-state index < -0.39 is 15.8 Å². The highest BCUT2D eigenvalue weighted by atomic mass is 32.2. The van der Waals surface area contributed by atoms with Crippen molar-refractivity contribution in [1.82, 2.24) is 0 Å². The van der Waals surface area contributed by atoms with Gasteiger partial charge in [0.2, 0.25) is 0 Å². The molecular weight excluding hydrogens is 196 g/mol. The largest absolute Gasteiger partial charge is 0.481 e. The van der Waals surface area contributed by atoms with Gasteiger partial charge in [-0.2, -0.15) is 0 Å². The van der Waals surface area contributed by atoms with E-state index in [9.17, 15) is 13.2 Å². The van der Waals surface area contributed by atoms with Gasteiger partial charge < -0.3 is 9.84 Å². The van der Waals surface area contributed by atoms with Crippen LogP contribution in [-0.4, -0.2) is 44.7 Å². The highest BCUT2D eigenvalue weighted by molar-refractivity contribution is 7.91. The first-order valence-corrected chi connectivity index (χ1v) is 5.71. The standard InChI is InChI=1S/C7H14O5S/c1-12-4-6-13(10,11)5-2-3-7(8)9/h2-6H2,1H3,(H,8,9). The molecule has 1 N–H and O–H groups in total. The molecule has 0 aliphatic rings. The van der Waals surface area contributed by atoms with Crippen molar-refractivity contribution >= 4 is 15.8 Å². The summed E-state index contributed by atoms with van der Waals surface area (Å²) in [6.45, 7) is 0.162. The number of ether oxygens (including phenoxy) is 1. The third-order valence-electron chi connectivity index (χ3n) is 1.44. The van der Waals surface area contributed by atoms with E-state index in [-0.39, 0.29) is 31.0 Å². The van der Waals surface area contributed by atoms with Gasteiger partial charge >= 0.3 is 5.97 Å². The van der Waals surface area contributed by atoms with Crippen LogP contribution in [-0.2, 0) is 19.4 Å². The maximum atomic E-state index is 11.1. The third-order valence-corrected chi connectivity index (χ3v) is 3.14. The predicted molar refractivity (Wildman–Crippen MR) is 47.4 cm³/mol. The molecule has 0 aliphatic carbocycles. The van der Waals surface area contributed by atoms with Crippen LogP contribution in [0.3, 0.4) is 0 Å². The number of sulfone groups is 1. The van der Waals surface area contributed by atoms with Gasteiger partial charge in [0, 0.05) is 13.5 Å². The molecule has 0 heterocycles. The van der Waals surface area contributed by atoms with Gasteiger partial charge in [-0.05, 0) is 6.42 Å². The van der Waals surface area contributed by atoms with E-state index in [4.69, 9.17) is 5.11 Å². The molecule has 0 saturated carbocycles. The summed E-state index contributed by atoms with van der Waals surface area (Å²) in [6.07, 6.45) is 0.0631. The number of hydrogen-bond donors (Lipinski definition) is 1. The minimum Gasteiger partial charge on any atom is -0.481 e. The lowest BCUT2D eigenvalue weighted by atomic mass is 10.3. The average Bonchev–Trinajstić information content (AvgIpc) is 2.00. The second-order valence-corrected chi connectivity index (χ2v) is 4.95. The highest BCUT2D eigenvalue weighted by Crippen LogP contribution is 1.97. The van der Waals surface area contributed by atoms with E-state index >= 15 is 0 Å². The fraction of sp³-hybridized carbons (Fsp3) is 0.857. The maximum absolute atomic E-state index is 11.1. The topological polar surface area (TPSA) is 80.7 Å². The second kappa shape index (κ2) is 5.93. The molecule has 0 amide bonds. The lowest BCUT2D eigenvalue weighted by Crippen LogP contribution is -2.15. The number of hydrogen-bond acceptors (Lipinski definition) is 4. The Labute approximate surface area is 77.6 Å². The van der Waals surface area contributed by atoms with E-state index in [0.29, 0.717) is 0 Å². The fourth-order valence-corrected chi connectivity index (χ4v) is 1.96. The molecule has 0 aliphatic heterocycles. The molecule has 0 rings (SSSR count). The van der Waals surface area contributed by atoms with Gasteiger partial charge in [-0.3, -0.25) is 4.79 Å². The molecule has 78 valence electrons. The molecule has 0 fully saturated rings. The van der Waals surface area contributed by atoms with E-state index in [2.05, 4.69) is 4.74 Å². The summed E-state index contributed by atoms with van der Waals surface area (Å²) >= 11 is 0. The van der Waals surface area contributed by atoms with Crippen molar-refractivity contribution in [2.45, 2.75) is 12.8 Å². The van der Waals surface area contributed by atoms with Crippen LogP contribution in [0.1, 0.15) is 12.8 Å². The Morgan fingerprint density at radius 3 is 2.46 bits per heavy atom. The average molecular weight is 210 g/mol. The van der Waals surface area contributed by atoms with Crippen molar-refractivity contribution in [3.63, 3.8) is 0 Å². The van der Waals surface area contributed by atoms with E-state index in [1.54, 1.807) is 0 Å². The number of carboxylic acid groups (broad SMARTS) is 1. The molecule has 0 unspecified atom stereocenters. The summed E-state index contributed by atoms with van der Waals surface area (Å²) in [6, 6.07) is 0. The first-order chi connectivity index (χ1) is 5.98. The van der Waals surface area contributed by atoms with Crippen LogP contribution in [0.15, 0.2) is 0 Å². The molecule has 0 saturated heterocycles. The molecule has 0 aromatic carbocycles. The fourth-order valence-electron chi connectivity index (χ4n) is 0.756. The van der Waals surface area contributed by atoms with Gasteiger partial charge in [0.05, 0.1) is 18.1 Å². The van der Waals surface area contributed by atoms with Gasteiger partial charge in [-0.25, -0.2) is 8.42 Å². The van der Waals surface area contributed by atoms with Gasteiger partial charge in [0.25, 0.3) is 0 Å². The summed E-state index contributed by atoms with van der Waals surface area (Å²) in [5, 5.41) is 8.27. The third kappa shape index (κ3) is 7.73. The molecule has 6 heteroatoms. The predicted octanol–water partition coefficient (Wildman–Crippen LogP) is -0.0876. The zero-order valence-electron chi connectivity index (χ0n) is 7.52. The van der Waals surface area contributed by atoms with Gasteiger partial charge in [-0.15, -0.1) is 0 Å². The monoisotopic (exact) mass is 210 g/mol. The van der Waals surface area contributed by atoms with Gasteiger partial charge in [-0.1, -0.05) is 0 Å². The van der Waals surface area contributed by atoms with Crippen LogP contribution in [0.4, 0.5) is 0 Å². The number of methoxy groups -OCH3 is 1. The van der Waals surface area contributed by atoms with Crippen LogP contribution in [0.5, 0.6) is 0 Å². The van der Waals surface area contributed by atoms with E-state index in [1.165, 1.54) is 7.11 Å². The Morgan fingerprint density at radius 1 is 1.38 bits per heavy atom. The Kier molecular flexibility index (Phi) is 5.65. The summed E-state index contributed by atoms with van der Waals surface area (Å²) in [7, 11) is -1.70. The van der Waals surface area contributed by atoms with E-state index in [0.717, 1.165) is 0 Å². The Balaban J connectivity index is 3.70. The zero-order valence-corrected chi connectivity index (χ0v) is 8.34. The Hall–Kier alpha value is -0.620. The van der Waals surface area contributed by atoms with Crippen molar-refractivity contribution in [2.75, 3.05) is 25.2 Å². The molecule has 0 atom stereocenters. The molecular formula is C7H14O5S. The molecule has 5 nitrogen and oxygen atoms in total. The number of carbonyl (C=O) groups is 1. The molecule has 0 aromatic rings. The molecule has 0 spiro atoms. The maximum Gasteiger partial charge on any atom is 0.303 e. The molecule has 0 radical (unpaired) electrons. The minimum absolute atomic E-state index is 0.0386. The van der Waals surface area contributed by atoms with Crippen LogP contribution >= 0.6 is 0 Å². The smallest absolute Gasteiger partial charge is 0.303 e. The highest BCUT2D eigenvalue weighted by Gasteiger charge is 2.10. The summed E-state index contributed by atoms with van der Waals surface area (Å²) in [5.41, 5.74) is 0. The van der Waals surface area contributed by atoms with Crippen molar-refractivity contribution in [1.29, 1.82) is 0 Å². The van der Waals surface area contributed by atoms with Crippen LogP contribution in [0, 0.1) is 0 Å². The SMILES string of the molecule is COCCS(=O)(=O)CCCC(=O)O. The lowest BCUT2D eigenvalue weighted by Gasteiger charge is -2.01. The van der Waals surface area contributed by atoms with Crippen LogP contribution in [0.25, 0.3) is 0 Å². The van der Waals surface area contributed by atoms with Crippen LogP contribution < -0.4 is 0 Å². The van der Waals surface area contributed by atoms with Crippen molar-refractivity contribution in [2.24, 2.45) is 0 Å². The molecule has 13 heavy (non-hydrogen) atoms. The van der Waals surface area contributed by atoms with E-state index in [1.807, 2.05) is 0 Å². The summed E-state index contributed by atoms with van der Waals surface area (Å²) in [4.78, 5) is 10.1. The van der Waals surface area contributed by atoms with Crippen LogP contribution in [0.2, 0.25) is 0 Å². The first-order valence-electron chi connectivity index (χ1n) is 3.89. The number of aliphatic carboxylic acids is 1. The quantitative estimate of drug-likeness (QED) is 0.635. The summed E-state index contributed by atoms with van der Waals surface area (Å²) < 4.78 is 26.8.